The molecule has 1 aliphatic rings. The molecule has 0 spiro atoms. The quantitative estimate of drug-likeness (QED) is 0.926. The third-order valence-electron chi connectivity index (χ3n) is 4.33. The van der Waals surface area contributed by atoms with Gasteiger partial charge < -0.3 is 14.6 Å². The minimum absolute atomic E-state index is 0.0534. The van der Waals surface area contributed by atoms with Crippen molar-refractivity contribution in [3.63, 3.8) is 0 Å². The van der Waals surface area contributed by atoms with E-state index in [1.807, 2.05) is 68.4 Å². The summed E-state index contributed by atoms with van der Waals surface area (Å²) < 4.78 is 11.6. The molecule has 2 aromatic rings. The number of ether oxygens (including phenoxy) is 2. The van der Waals surface area contributed by atoms with Crippen LogP contribution in [0.25, 0.3) is 0 Å². The van der Waals surface area contributed by atoms with Crippen molar-refractivity contribution in [1.29, 1.82) is 0 Å². The maximum atomic E-state index is 11.1. The number of benzene rings is 2. The first kappa shape index (κ1) is 16.0. The zero-order chi connectivity index (χ0) is 16.3. The van der Waals surface area contributed by atoms with Crippen LogP contribution in [0.2, 0.25) is 0 Å². The van der Waals surface area contributed by atoms with Crippen molar-refractivity contribution in [3.05, 3.63) is 65.7 Å². The molecule has 0 amide bonds. The van der Waals surface area contributed by atoms with Crippen molar-refractivity contribution in [2.75, 3.05) is 0 Å². The van der Waals surface area contributed by atoms with Gasteiger partial charge >= 0.3 is 0 Å². The van der Waals surface area contributed by atoms with Crippen LogP contribution in [0.1, 0.15) is 37.8 Å². The monoisotopic (exact) mass is 312 g/mol. The van der Waals surface area contributed by atoms with Gasteiger partial charge in [-0.05, 0) is 37.1 Å². The molecule has 23 heavy (non-hydrogen) atoms. The highest BCUT2D eigenvalue weighted by molar-refractivity contribution is 5.33. The van der Waals surface area contributed by atoms with E-state index >= 15 is 0 Å². The first-order valence-electron chi connectivity index (χ1n) is 8.20. The number of rotatable bonds is 4. The van der Waals surface area contributed by atoms with Crippen LogP contribution in [0.5, 0.6) is 5.75 Å². The predicted molar refractivity (Wildman–Crippen MR) is 90.4 cm³/mol. The lowest BCUT2D eigenvalue weighted by Gasteiger charge is -2.39. The highest BCUT2D eigenvalue weighted by Gasteiger charge is 2.38. The normalized spacial score (nSPS) is 27.6. The minimum Gasteiger partial charge on any atom is -0.489 e. The lowest BCUT2D eigenvalue weighted by molar-refractivity contribution is -0.135. The van der Waals surface area contributed by atoms with E-state index in [2.05, 4.69) is 0 Å². The van der Waals surface area contributed by atoms with Crippen LogP contribution in [0, 0.1) is 0 Å². The SMILES string of the molecule is CC1CC(O)(c2cccc(OCc3ccccc3)c2)CC(C)O1. The second-order valence-corrected chi connectivity index (χ2v) is 6.50. The molecule has 3 rings (SSSR count). The van der Waals surface area contributed by atoms with Crippen molar-refractivity contribution in [3.8, 4) is 5.75 Å². The Morgan fingerprint density at radius 2 is 1.74 bits per heavy atom. The molecule has 0 aromatic heterocycles. The summed E-state index contributed by atoms with van der Waals surface area (Å²) >= 11 is 0. The third kappa shape index (κ3) is 3.92. The van der Waals surface area contributed by atoms with Gasteiger partial charge in [-0.15, -0.1) is 0 Å². The highest BCUT2D eigenvalue weighted by Crippen LogP contribution is 2.38. The molecule has 0 saturated carbocycles. The van der Waals surface area contributed by atoms with Gasteiger partial charge in [0.15, 0.2) is 0 Å². The summed E-state index contributed by atoms with van der Waals surface area (Å²) in [6.45, 7) is 4.55. The van der Waals surface area contributed by atoms with Crippen LogP contribution in [-0.4, -0.2) is 17.3 Å². The third-order valence-corrected chi connectivity index (χ3v) is 4.33. The average molecular weight is 312 g/mol. The topological polar surface area (TPSA) is 38.7 Å². The van der Waals surface area contributed by atoms with Gasteiger partial charge in [0.25, 0.3) is 0 Å². The molecule has 1 saturated heterocycles. The van der Waals surface area contributed by atoms with E-state index in [0.717, 1.165) is 16.9 Å². The fraction of sp³-hybridized carbons (Fsp3) is 0.400. The van der Waals surface area contributed by atoms with Gasteiger partial charge in [0.2, 0.25) is 0 Å². The maximum Gasteiger partial charge on any atom is 0.120 e. The van der Waals surface area contributed by atoms with Gasteiger partial charge in [-0.2, -0.15) is 0 Å². The Hall–Kier alpha value is -1.84. The number of hydrogen-bond acceptors (Lipinski definition) is 3. The Labute approximate surface area is 137 Å². The van der Waals surface area contributed by atoms with Crippen LogP contribution in [0.15, 0.2) is 54.6 Å². The summed E-state index contributed by atoms with van der Waals surface area (Å²) in [5.74, 6) is 0.784. The molecule has 0 radical (unpaired) electrons. The summed E-state index contributed by atoms with van der Waals surface area (Å²) in [5, 5.41) is 11.1. The molecule has 3 heteroatoms. The van der Waals surface area contributed by atoms with Crippen molar-refractivity contribution in [2.45, 2.75) is 51.1 Å². The molecule has 2 atom stereocenters. The lowest BCUT2D eigenvalue weighted by atomic mass is 9.81. The smallest absolute Gasteiger partial charge is 0.120 e. The van der Waals surface area contributed by atoms with Crippen LogP contribution in [-0.2, 0) is 16.9 Å². The summed E-state index contributed by atoms with van der Waals surface area (Å²) in [4.78, 5) is 0. The molecule has 1 aliphatic heterocycles. The minimum atomic E-state index is -0.844. The van der Waals surface area contributed by atoms with Crippen molar-refractivity contribution < 1.29 is 14.6 Å². The first-order chi connectivity index (χ1) is 11.0. The fourth-order valence-electron chi connectivity index (χ4n) is 3.38. The van der Waals surface area contributed by atoms with Gasteiger partial charge in [-0.1, -0.05) is 42.5 Å². The maximum absolute atomic E-state index is 11.1. The van der Waals surface area contributed by atoms with Gasteiger partial charge in [0, 0.05) is 12.8 Å². The Bertz CT molecular complexity index is 628. The summed E-state index contributed by atoms with van der Waals surface area (Å²) in [5.41, 5.74) is 1.19. The molecule has 1 fully saturated rings. The Balaban J connectivity index is 1.74. The van der Waals surface area contributed by atoms with E-state index in [4.69, 9.17) is 9.47 Å². The second-order valence-electron chi connectivity index (χ2n) is 6.50. The van der Waals surface area contributed by atoms with Crippen LogP contribution in [0.3, 0.4) is 0 Å². The standard InChI is InChI=1S/C20H24O3/c1-15-12-20(21,13-16(2)23-15)18-9-6-10-19(11-18)22-14-17-7-4-3-5-8-17/h3-11,15-16,21H,12-14H2,1-2H3. The Morgan fingerprint density at radius 3 is 2.43 bits per heavy atom. The molecule has 3 nitrogen and oxygen atoms in total. The largest absolute Gasteiger partial charge is 0.489 e. The summed E-state index contributed by atoms with van der Waals surface area (Å²) in [6.07, 6.45) is 1.33. The predicted octanol–water partition coefficient (Wildman–Crippen LogP) is 4.04. The zero-order valence-corrected chi connectivity index (χ0v) is 13.7. The molecule has 2 unspecified atom stereocenters. The van der Waals surface area contributed by atoms with Crippen molar-refractivity contribution in [2.24, 2.45) is 0 Å². The van der Waals surface area contributed by atoms with Crippen LogP contribution >= 0.6 is 0 Å². The number of hydrogen-bond donors (Lipinski definition) is 1. The Morgan fingerprint density at radius 1 is 1.04 bits per heavy atom. The van der Waals surface area contributed by atoms with Crippen LogP contribution < -0.4 is 4.74 Å². The number of aliphatic hydroxyl groups is 1. The molecular weight excluding hydrogens is 288 g/mol. The average Bonchev–Trinajstić information content (AvgIpc) is 2.53. The van der Waals surface area contributed by atoms with E-state index in [1.165, 1.54) is 0 Å². The molecular formula is C20H24O3. The van der Waals surface area contributed by atoms with E-state index in [9.17, 15) is 5.11 Å². The molecule has 1 N–H and O–H groups in total. The molecule has 0 aliphatic carbocycles. The van der Waals surface area contributed by atoms with E-state index < -0.39 is 5.60 Å². The highest BCUT2D eigenvalue weighted by atomic mass is 16.5. The second kappa shape index (κ2) is 6.73. The molecule has 1 heterocycles. The lowest BCUT2D eigenvalue weighted by Crippen LogP contribution is -2.41. The fourth-order valence-corrected chi connectivity index (χ4v) is 3.38. The summed E-state index contributed by atoms with van der Waals surface area (Å²) in [7, 11) is 0. The van der Waals surface area contributed by atoms with E-state index in [-0.39, 0.29) is 12.2 Å². The zero-order valence-electron chi connectivity index (χ0n) is 13.7. The van der Waals surface area contributed by atoms with Gasteiger partial charge in [-0.25, -0.2) is 0 Å². The van der Waals surface area contributed by atoms with Gasteiger partial charge in [-0.3, -0.25) is 0 Å². The van der Waals surface area contributed by atoms with E-state index in [0.29, 0.717) is 19.4 Å². The van der Waals surface area contributed by atoms with Gasteiger partial charge in [0.1, 0.15) is 12.4 Å². The van der Waals surface area contributed by atoms with Crippen molar-refractivity contribution in [1.82, 2.24) is 0 Å². The summed E-state index contributed by atoms with van der Waals surface area (Å²) in [6, 6.07) is 17.9. The van der Waals surface area contributed by atoms with Gasteiger partial charge in [0.05, 0.1) is 17.8 Å². The molecule has 0 bridgehead atoms. The first-order valence-corrected chi connectivity index (χ1v) is 8.20. The Kier molecular flexibility index (Phi) is 4.69. The van der Waals surface area contributed by atoms with E-state index in [1.54, 1.807) is 0 Å². The molecule has 122 valence electrons. The van der Waals surface area contributed by atoms with Crippen LogP contribution in [0.4, 0.5) is 0 Å². The molecule has 2 aromatic carbocycles. The van der Waals surface area contributed by atoms with Crippen molar-refractivity contribution >= 4 is 0 Å².